The third-order valence-corrected chi connectivity index (χ3v) is 7.47. The number of nitrogens with one attached hydrogen (secondary N) is 1. The summed E-state index contributed by atoms with van der Waals surface area (Å²) in [7, 11) is 1.52. The lowest BCUT2D eigenvalue weighted by molar-refractivity contribution is -0.138. The summed E-state index contributed by atoms with van der Waals surface area (Å²) in [6, 6.07) is 13.8. The van der Waals surface area contributed by atoms with Gasteiger partial charge in [-0.2, -0.15) is 0 Å². The summed E-state index contributed by atoms with van der Waals surface area (Å²) < 4.78 is 11.3. The van der Waals surface area contributed by atoms with Gasteiger partial charge in [-0.1, -0.05) is 44.2 Å². The van der Waals surface area contributed by atoms with Crippen molar-refractivity contribution in [2.45, 2.75) is 69.9 Å². The number of carbonyl (C=O) groups excluding carboxylic acids is 2. The van der Waals surface area contributed by atoms with E-state index in [9.17, 15) is 14.7 Å². The van der Waals surface area contributed by atoms with E-state index in [2.05, 4.69) is 10.3 Å². The Bertz CT molecular complexity index is 1190. The van der Waals surface area contributed by atoms with Crippen LogP contribution in [0.1, 0.15) is 67.6 Å². The Balaban J connectivity index is 1.53. The molecule has 9 heteroatoms. The van der Waals surface area contributed by atoms with Crippen molar-refractivity contribution in [2.75, 3.05) is 13.7 Å². The molecule has 0 bridgehead atoms. The van der Waals surface area contributed by atoms with Crippen LogP contribution < -0.4 is 15.8 Å². The van der Waals surface area contributed by atoms with E-state index in [-0.39, 0.29) is 30.8 Å². The van der Waals surface area contributed by atoms with E-state index in [0.29, 0.717) is 17.7 Å². The van der Waals surface area contributed by atoms with Gasteiger partial charge < -0.3 is 25.6 Å². The van der Waals surface area contributed by atoms with E-state index in [1.165, 1.54) is 12.0 Å². The summed E-state index contributed by atoms with van der Waals surface area (Å²) in [5.74, 6) is 0.332. The smallest absolute Gasteiger partial charge is 0.251 e. The molecule has 2 aliphatic rings. The van der Waals surface area contributed by atoms with Crippen molar-refractivity contribution in [3.8, 4) is 5.75 Å². The largest absolute Gasteiger partial charge is 0.490 e. The first-order valence-corrected chi connectivity index (χ1v) is 12.7. The molecule has 0 unspecified atom stereocenters. The minimum atomic E-state index is -1.28. The fourth-order valence-corrected chi connectivity index (χ4v) is 5.06. The minimum absolute atomic E-state index is 0.0642. The van der Waals surface area contributed by atoms with Crippen LogP contribution in [0, 0.1) is 0 Å². The second kappa shape index (κ2) is 10.5. The van der Waals surface area contributed by atoms with Gasteiger partial charge in [0, 0.05) is 24.7 Å². The molecule has 0 aromatic heterocycles. The highest BCUT2D eigenvalue weighted by Crippen LogP contribution is 2.37. The molecule has 9 nitrogen and oxygen atoms in total. The molecular formula is C28H36N4O5. The lowest BCUT2D eigenvalue weighted by Gasteiger charge is -2.39. The third kappa shape index (κ3) is 5.33. The van der Waals surface area contributed by atoms with Gasteiger partial charge in [-0.25, -0.2) is 4.99 Å². The molecule has 0 fully saturated rings. The number of amides is 2. The number of hydrogen-bond donors (Lipinski definition) is 3. The van der Waals surface area contributed by atoms with Crippen molar-refractivity contribution >= 4 is 17.8 Å². The van der Waals surface area contributed by atoms with Gasteiger partial charge >= 0.3 is 0 Å². The monoisotopic (exact) mass is 508 g/mol. The molecular weight excluding hydrogens is 472 g/mol. The number of carbonyl (C=O) groups is 2. The molecule has 37 heavy (non-hydrogen) atoms. The molecule has 2 amide bonds. The van der Waals surface area contributed by atoms with Gasteiger partial charge in [0.25, 0.3) is 5.91 Å². The highest BCUT2D eigenvalue weighted by molar-refractivity contribution is 5.99. The summed E-state index contributed by atoms with van der Waals surface area (Å²) >= 11 is 0. The summed E-state index contributed by atoms with van der Waals surface area (Å²) in [5, 5.41) is 13.9. The fourth-order valence-electron chi connectivity index (χ4n) is 5.06. The maximum atomic E-state index is 13.3. The van der Waals surface area contributed by atoms with Crippen molar-refractivity contribution < 1.29 is 24.2 Å². The van der Waals surface area contributed by atoms with Crippen LogP contribution in [-0.4, -0.2) is 58.9 Å². The molecule has 2 aliphatic heterocycles. The zero-order valence-corrected chi connectivity index (χ0v) is 21.9. The zero-order chi connectivity index (χ0) is 26.8. The summed E-state index contributed by atoms with van der Waals surface area (Å²) in [4.78, 5) is 32.4. The van der Waals surface area contributed by atoms with Gasteiger partial charge in [0.1, 0.15) is 24.2 Å². The van der Waals surface area contributed by atoms with Crippen LogP contribution in [0.4, 0.5) is 0 Å². The average Bonchev–Trinajstić information content (AvgIpc) is 2.89. The number of ether oxygens (including phenoxy) is 2. The molecule has 198 valence electrons. The molecule has 0 saturated carbocycles. The topological polar surface area (TPSA) is 126 Å². The predicted molar refractivity (Wildman–Crippen MR) is 140 cm³/mol. The molecule has 4 rings (SSSR count). The van der Waals surface area contributed by atoms with E-state index < -0.39 is 23.4 Å². The number of benzene rings is 2. The number of para-hydroxylation sites is 1. The first-order chi connectivity index (χ1) is 17.6. The molecule has 2 aromatic carbocycles. The van der Waals surface area contributed by atoms with Crippen molar-refractivity contribution in [3.05, 3.63) is 65.2 Å². The van der Waals surface area contributed by atoms with E-state index in [1.807, 2.05) is 44.2 Å². The van der Waals surface area contributed by atoms with Crippen molar-refractivity contribution in [3.63, 3.8) is 0 Å². The number of rotatable bonds is 8. The second-order valence-electron chi connectivity index (χ2n) is 10.0. The predicted octanol–water partition coefficient (Wildman–Crippen LogP) is 2.92. The van der Waals surface area contributed by atoms with Gasteiger partial charge in [-0.15, -0.1) is 0 Å². The number of nitrogens with zero attached hydrogens (tertiary/aromatic N) is 2. The maximum absolute atomic E-state index is 13.3. The highest BCUT2D eigenvalue weighted by atomic mass is 16.5. The molecule has 2 aromatic rings. The van der Waals surface area contributed by atoms with Crippen LogP contribution >= 0.6 is 0 Å². The first kappa shape index (κ1) is 26.6. The zero-order valence-electron chi connectivity index (χ0n) is 21.9. The molecule has 0 spiro atoms. The number of aliphatic hydroxyl groups is 1. The van der Waals surface area contributed by atoms with Gasteiger partial charge in [-0.3, -0.25) is 14.5 Å². The fraction of sp³-hybridized carbons (Fsp3) is 0.464. The van der Waals surface area contributed by atoms with Crippen molar-refractivity contribution in [1.29, 1.82) is 0 Å². The van der Waals surface area contributed by atoms with Gasteiger partial charge in [-0.05, 0) is 43.5 Å². The summed E-state index contributed by atoms with van der Waals surface area (Å²) in [5.41, 5.74) is 6.44. The summed E-state index contributed by atoms with van der Waals surface area (Å²) in [6.45, 7) is 5.72. The first-order valence-electron chi connectivity index (χ1n) is 12.7. The maximum Gasteiger partial charge on any atom is 0.251 e. The van der Waals surface area contributed by atoms with Crippen LogP contribution in [0.3, 0.4) is 0 Å². The molecule has 0 radical (unpaired) electrons. The van der Waals surface area contributed by atoms with E-state index >= 15 is 0 Å². The van der Waals surface area contributed by atoms with Crippen LogP contribution in [0.25, 0.3) is 0 Å². The van der Waals surface area contributed by atoms with E-state index in [1.54, 1.807) is 25.1 Å². The van der Waals surface area contributed by atoms with Crippen molar-refractivity contribution in [2.24, 2.45) is 10.7 Å². The molecule has 0 saturated heterocycles. The van der Waals surface area contributed by atoms with Gasteiger partial charge in [0.15, 0.2) is 0 Å². The van der Waals surface area contributed by atoms with Crippen LogP contribution in [-0.2, 0) is 16.0 Å². The third-order valence-electron chi connectivity index (χ3n) is 7.47. The molecule has 3 atom stereocenters. The number of guanidine groups is 1. The standard InChI is InChI=1S/C28H36N4O5/c1-5-28(6-2)16-22(33)32(26(29)31-28)23(36-4)15-18-10-9-11-19(14-18)25(34)30-24-20-12-7-8-13-21(20)37-17-27(24,3)35/h7-14,23-24,35H,5-6,15-17H2,1-4H3,(H2,29,31)(H,30,34)/t23-,24+,27+/m0/s1. The number of methoxy groups -OCH3 is 1. The second-order valence-corrected chi connectivity index (χ2v) is 10.0. The quantitative estimate of drug-likeness (QED) is 0.503. The Hall–Kier alpha value is -3.43. The highest BCUT2D eigenvalue weighted by Gasteiger charge is 2.41. The number of nitrogens with two attached hydrogens (primary N) is 1. The van der Waals surface area contributed by atoms with Crippen LogP contribution in [0.2, 0.25) is 0 Å². The van der Waals surface area contributed by atoms with Crippen LogP contribution in [0.5, 0.6) is 5.75 Å². The lowest BCUT2D eigenvalue weighted by Crippen LogP contribution is -2.56. The Morgan fingerprint density at radius 2 is 2.00 bits per heavy atom. The SMILES string of the molecule is CCC1(CC)CC(=O)N([C@H](Cc2cccc(C(=O)N[C@@H]3c4ccccc4OC[C@@]3(C)O)c2)OC)C(N)=N1. The molecule has 2 heterocycles. The van der Waals surface area contributed by atoms with E-state index in [4.69, 9.17) is 15.2 Å². The lowest BCUT2D eigenvalue weighted by atomic mass is 9.87. The Labute approximate surface area is 217 Å². The van der Waals surface area contributed by atoms with Crippen molar-refractivity contribution in [1.82, 2.24) is 10.2 Å². The Kier molecular flexibility index (Phi) is 7.57. The average molecular weight is 509 g/mol. The van der Waals surface area contributed by atoms with E-state index in [0.717, 1.165) is 24.0 Å². The number of aliphatic imine (C=N–C) groups is 1. The van der Waals surface area contributed by atoms with Gasteiger partial charge in [0.2, 0.25) is 11.9 Å². The molecule has 4 N–H and O–H groups in total. The minimum Gasteiger partial charge on any atom is -0.490 e. The summed E-state index contributed by atoms with van der Waals surface area (Å²) in [6.07, 6.45) is 1.38. The Morgan fingerprint density at radius 3 is 2.68 bits per heavy atom. The Morgan fingerprint density at radius 1 is 1.27 bits per heavy atom. The normalized spacial score (nSPS) is 23.5. The molecule has 0 aliphatic carbocycles. The number of hydrogen-bond acceptors (Lipinski definition) is 7. The van der Waals surface area contributed by atoms with Gasteiger partial charge in [0.05, 0.1) is 18.0 Å². The number of fused-ring (bicyclic) bond motifs is 1. The van der Waals surface area contributed by atoms with Crippen LogP contribution in [0.15, 0.2) is 53.5 Å².